The number of hydrogen-bond acceptors (Lipinski definition) is 2. The summed E-state index contributed by atoms with van der Waals surface area (Å²) in [7, 11) is 0. The first kappa shape index (κ1) is 14.2. The third kappa shape index (κ3) is 3.66. The van der Waals surface area contributed by atoms with Gasteiger partial charge in [-0.15, -0.1) is 0 Å². The van der Waals surface area contributed by atoms with Gasteiger partial charge in [0.25, 0.3) is 0 Å². The van der Waals surface area contributed by atoms with E-state index in [1.54, 1.807) is 0 Å². The Morgan fingerprint density at radius 2 is 1.89 bits per heavy atom. The number of aliphatic imine (C=N–C) groups is 1. The van der Waals surface area contributed by atoms with Crippen molar-refractivity contribution in [3.8, 4) is 0 Å². The Bertz CT molecular complexity index is 308. The summed E-state index contributed by atoms with van der Waals surface area (Å²) in [5.74, 6) is 1.22. The molecule has 0 bridgehead atoms. The van der Waals surface area contributed by atoms with Crippen molar-refractivity contribution in [2.45, 2.75) is 71.3 Å². The molecule has 1 aliphatic carbocycles. The topological polar surface area (TPSA) is 24.4 Å². The Kier molecular flexibility index (Phi) is 4.63. The zero-order chi connectivity index (χ0) is 13.1. The molecule has 1 unspecified atom stereocenters. The minimum absolute atomic E-state index is 0.275. The maximum absolute atomic E-state index is 4.89. The summed E-state index contributed by atoms with van der Waals surface area (Å²) < 4.78 is 0. The zero-order valence-corrected chi connectivity index (χ0v) is 13.0. The van der Waals surface area contributed by atoms with E-state index < -0.39 is 0 Å². The molecule has 0 aromatic carbocycles. The Balaban J connectivity index is 1.92. The highest BCUT2D eigenvalue weighted by Crippen LogP contribution is 2.36. The third-order valence-electron chi connectivity index (χ3n) is 4.75. The third-order valence-corrected chi connectivity index (χ3v) is 5.66. The van der Waals surface area contributed by atoms with Crippen molar-refractivity contribution in [1.82, 2.24) is 5.32 Å². The molecule has 104 valence electrons. The molecule has 1 aliphatic heterocycles. The molecular weight excluding hydrogens is 240 g/mol. The van der Waals surface area contributed by atoms with Gasteiger partial charge >= 0.3 is 0 Å². The Morgan fingerprint density at radius 3 is 2.56 bits per heavy atom. The monoisotopic (exact) mass is 268 g/mol. The van der Waals surface area contributed by atoms with Crippen LogP contribution in [0.2, 0.25) is 0 Å². The number of hydrogen-bond donors (Lipinski definition) is 1. The number of rotatable bonds is 3. The highest BCUT2D eigenvalue weighted by Gasteiger charge is 2.29. The minimum atomic E-state index is 0.275. The van der Waals surface area contributed by atoms with Gasteiger partial charge in [-0.2, -0.15) is 0 Å². The lowest BCUT2D eigenvalue weighted by Gasteiger charge is -2.36. The van der Waals surface area contributed by atoms with Crippen LogP contribution in [0.25, 0.3) is 0 Å². The van der Waals surface area contributed by atoms with E-state index in [2.05, 4.69) is 26.1 Å². The second kappa shape index (κ2) is 5.85. The van der Waals surface area contributed by atoms with Gasteiger partial charge in [-0.05, 0) is 38.0 Å². The van der Waals surface area contributed by atoms with E-state index in [9.17, 15) is 0 Å². The average Bonchev–Trinajstić information content (AvgIpc) is 2.38. The van der Waals surface area contributed by atoms with Crippen LogP contribution in [0.1, 0.15) is 65.7 Å². The normalized spacial score (nSPS) is 34.3. The fraction of sp³-hybridized carbons (Fsp3) is 0.933. The molecule has 0 spiro atoms. The maximum atomic E-state index is 4.89. The van der Waals surface area contributed by atoms with Gasteiger partial charge in [0.2, 0.25) is 0 Å². The van der Waals surface area contributed by atoms with Gasteiger partial charge in [0, 0.05) is 17.8 Å². The van der Waals surface area contributed by atoms with E-state index in [1.165, 1.54) is 55.9 Å². The van der Waals surface area contributed by atoms with E-state index >= 15 is 0 Å². The molecule has 1 atom stereocenters. The number of amidine groups is 1. The SMILES string of the molecule is CCC1(C)CCSC(=NCC2(C)CCCCC2)N1. The van der Waals surface area contributed by atoms with Gasteiger partial charge in [0.05, 0.1) is 0 Å². The van der Waals surface area contributed by atoms with Crippen LogP contribution in [0.3, 0.4) is 0 Å². The van der Waals surface area contributed by atoms with Crippen molar-refractivity contribution < 1.29 is 0 Å². The number of nitrogens with one attached hydrogen (secondary N) is 1. The number of nitrogens with zero attached hydrogens (tertiary/aromatic N) is 1. The van der Waals surface area contributed by atoms with Gasteiger partial charge < -0.3 is 5.32 Å². The maximum Gasteiger partial charge on any atom is 0.156 e. The van der Waals surface area contributed by atoms with Crippen molar-refractivity contribution in [2.24, 2.45) is 10.4 Å². The van der Waals surface area contributed by atoms with E-state index in [0.717, 1.165) is 6.54 Å². The molecule has 0 aromatic heterocycles. The van der Waals surface area contributed by atoms with E-state index in [1.807, 2.05) is 11.8 Å². The van der Waals surface area contributed by atoms with Crippen LogP contribution >= 0.6 is 11.8 Å². The largest absolute Gasteiger partial charge is 0.360 e. The van der Waals surface area contributed by atoms with Crippen molar-refractivity contribution in [1.29, 1.82) is 0 Å². The molecule has 1 saturated carbocycles. The fourth-order valence-corrected chi connectivity index (χ4v) is 4.13. The van der Waals surface area contributed by atoms with Gasteiger partial charge in [-0.3, -0.25) is 4.99 Å². The molecule has 3 heteroatoms. The molecule has 2 nitrogen and oxygen atoms in total. The highest BCUT2D eigenvalue weighted by atomic mass is 32.2. The smallest absolute Gasteiger partial charge is 0.156 e. The summed E-state index contributed by atoms with van der Waals surface area (Å²) in [5.41, 5.74) is 0.741. The molecule has 2 rings (SSSR count). The van der Waals surface area contributed by atoms with Crippen molar-refractivity contribution in [3.63, 3.8) is 0 Å². The first-order valence-electron chi connectivity index (χ1n) is 7.51. The van der Waals surface area contributed by atoms with Gasteiger partial charge in [-0.25, -0.2) is 0 Å². The Hall–Kier alpha value is -0.180. The van der Waals surface area contributed by atoms with Crippen LogP contribution in [0.4, 0.5) is 0 Å². The first-order valence-corrected chi connectivity index (χ1v) is 8.49. The van der Waals surface area contributed by atoms with E-state index in [0.29, 0.717) is 5.41 Å². The van der Waals surface area contributed by atoms with Crippen LogP contribution in [0.5, 0.6) is 0 Å². The van der Waals surface area contributed by atoms with Gasteiger partial charge in [0.15, 0.2) is 5.17 Å². The van der Waals surface area contributed by atoms with Crippen LogP contribution in [0.15, 0.2) is 4.99 Å². The molecular formula is C15H28N2S. The van der Waals surface area contributed by atoms with Crippen LogP contribution in [-0.2, 0) is 0 Å². The molecule has 1 saturated heterocycles. The first-order chi connectivity index (χ1) is 8.55. The highest BCUT2D eigenvalue weighted by molar-refractivity contribution is 8.13. The average molecular weight is 268 g/mol. The second-order valence-electron chi connectivity index (χ2n) is 6.63. The zero-order valence-electron chi connectivity index (χ0n) is 12.2. The molecule has 0 radical (unpaired) electrons. The lowest BCUT2D eigenvalue weighted by Crippen LogP contribution is -2.48. The molecule has 2 fully saturated rings. The van der Waals surface area contributed by atoms with Crippen LogP contribution in [0, 0.1) is 5.41 Å². The second-order valence-corrected chi connectivity index (χ2v) is 7.71. The summed E-state index contributed by atoms with van der Waals surface area (Å²) in [6, 6.07) is 0. The predicted molar refractivity (Wildman–Crippen MR) is 82.4 cm³/mol. The summed E-state index contributed by atoms with van der Waals surface area (Å²) in [5, 5.41) is 4.84. The summed E-state index contributed by atoms with van der Waals surface area (Å²) in [6.07, 6.45) is 9.38. The van der Waals surface area contributed by atoms with Gasteiger partial charge in [-0.1, -0.05) is 44.9 Å². The molecule has 1 N–H and O–H groups in total. The van der Waals surface area contributed by atoms with Crippen LogP contribution in [-0.4, -0.2) is 23.0 Å². The summed E-state index contributed by atoms with van der Waals surface area (Å²) in [6.45, 7) is 8.03. The Labute approximate surface area is 116 Å². The molecule has 2 aliphatic rings. The van der Waals surface area contributed by atoms with Gasteiger partial charge in [0.1, 0.15) is 0 Å². The molecule has 18 heavy (non-hydrogen) atoms. The summed E-state index contributed by atoms with van der Waals surface area (Å²) in [4.78, 5) is 4.89. The quantitative estimate of drug-likeness (QED) is 0.829. The van der Waals surface area contributed by atoms with E-state index in [4.69, 9.17) is 4.99 Å². The predicted octanol–water partition coefficient (Wildman–Crippen LogP) is 4.21. The minimum Gasteiger partial charge on any atom is -0.360 e. The lowest BCUT2D eigenvalue weighted by molar-refractivity contribution is 0.226. The van der Waals surface area contributed by atoms with Crippen LogP contribution < -0.4 is 5.32 Å². The lowest BCUT2D eigenvalue weighted by atomic mass is 9.76. The van der Waals surface area contributed by atoms with Crippen molar-refractivity contribution >= 4 is 16.9 Å². The molecule has 0 amide bonds. The molecule has 0 aromatic rings. The van der Waals surface area contributed by atoms with Crippen molar-refractivity contribution in [2.75, 3.05) is 12.3 Å². The number of thioether (sulfide) groups is 1. The Morgan fingerprint density at radius 1 is 1.17 bits per heavy atom. The summed E-state index contributed by atoms with van der Waals surface area (Å²) >= 11 is 1.91. The van der Waals surface area contributed by atoms with Crippen molar-refractivity contribution in [3.05, 3.63) is 0 Å². The fourth-order valence-electron chi connectivity index (χ4n) is 2.91. The standard InChI is InChI=1S/C15H28N2S/c1-4-15(3)10-11-18-13(17-15)16-12-14(2)8-6-5-7-9-14/h4-12H2,1-3H3,(H,16,17). The molecule has 1 heterocycles. The van der Waals surface area contributed by atoms with E-state index in [-0.39, 0.29) is 5.54 Å².